The molecule has 0 aliphatic rings. The summed E-state index contributed by atoms with van der Waals surface area (Å²) in [5, 5.41) is 9.68. The smallest absolute Gasteiger partial charge is 0.343 e. The lowest BCUT2D eigenvalue weighted by Gasteiger charge is -2.24. The van der Waals surface area contributed by atoms with Crippen molar-refractivity contribution in [3.8, 4) is 5.88 Å². The summed E-state index contributed by atoms with van der Waals surface area (Å²) in [6, 6.07) is -0.434. The zero-order valence-corrected chi connectivity index (χ0v) is 15.2. The fourth-order valence-corrected chi connectivity index (χ4v) is 2.67. The van der Waals surface area contributed by atoms with Crippen molar-refractivity contribution < 1.29 is 19.4 Å². The van der Waals surface area contributed by atoms with E-state index in [0.717, 1.165) is 0 Å². The van der Waals surface area contributed by atoms with Crippen LogP contribution in [0.1, 0.15) is 37.2 Å². The Bertz CT molecular complexity index is 850. The second kappa shape index (κ2) is 7.79. The SMILES string of the molecule is CCOC(=O)c1cn([C@H](CO)C(C)C)c2nc(OC)c(Cl)nc2c1=O. The van der Waals surface area contributed by atoms with Gasteiger partial charge in [0.2, 0.25) is 5.43 Å². The molecule has 25 heavy (non-hydrogen) atoms. The first-order chi connectivity index (χ1) is 11.8. The minimum Gasteiger partial charge on any atom is -0.479 e. The van der Waals surface area contributed by atoms with E-state index < -0.39 is 17.4 Å². The number of aromatic nitrogens is 3. The van der Waals surface area contributed by atoms with Crippen molar-refractivity contribution in [2.24, 2.45) is 5.92 Å². The van der Waals surface area contributed by atoms with Crippen molar-refractivity contribution in [1.82, 2.24) is 14.5 Å². The van der Waals surface area contributed by atoms with Crippen LogP contribution in [-0.4, -0.2) is 45.9 Å². The number of carbonyl (C=O) groups excluding carboxylic acids is 1. The molecule has 8 nitrogen and oxygen atoms in total. The van der Waals surface area contributed by atoms with Crippen molar-refractivity contribution in [2.45, 2.75) is 26.8 Å². The van der Waals surface area contributed by atoms with E-state index in [1.807, 2.05) is 13.8 Å². The normalized spacial score (nSPS) is 12.4. The Balaban J connectivity index is 2.89. The minimum atomic E-state index is -0.766. The minimum absolute atomic E-state index is 0.00535. The van der Waals surface area contributed by atoms with Gasteiger partial charge in [0.05, 0.1) is 26.4 Å². The van der Waals surface area contributed by atoms with Crippen molar-refractivity contribution in [1.29, 1.82) is 0 Å². The summed E-state index contributed by atoms with van der Waals surface area (Å²) in [6.07, 6.45) is 1.34. The highest BCUT2D eigenvalue weighted by molar-refractivity contribution is 6.31. The van der Waals surface area contributed by atoms with Crippen LogP contribution in [0.15, 0.2) is 11.0 Å². The summed E-state index contributed by atoms with van der Waals surface area (Å²) < 4.78 is 11.5. The number of ether oxygens (including phenoxy) is 2. The molecule has 0 aromatic carbocycles. The number of halogens is 1. The van der Waals surface area contributed by atoms with Gasteiger partial charge in [-0.3, -0.25) is 4.79 Å². The fourth-order valence-electron chi connectivity index (χ4n) is 2.47. The molecule has 136 valence electrons. The highest BCUT2D eigenvalue weighted by atomic mass is 35.5. The Morgan fingerprint density at radius 3 is 2.60 bits per heavy atom. The molecule has 2 aromatic rings. The molecule has 0 fully saturated rings. The maximum atomic E-state index is 12.7. The molecular formula is C16H20ClN3O5. The lowest BCUT2D eigenvalue weighted by Crippen LogP contribution is -2.27. The maximum Gasteiger partial charge on any atom is 0.343 e. The van der Waals surface area contributed by atoms with Crippen molar-refractivity contribution >= 4 is 28.7 Å². The number of rotatable bonds is 6. The highest BCUT2D eigenvalue weighted by Crippen LogP contribution is 2.26. The molecule has 2 rings (SSSR count). The third kappa shape index (κ3) is 3.59. The summed E-state index contributed by atoms with van der Waals surface area (Å²) in [6.45, 7) is 5.35. The maximum absolute atomic E-state index is 12.7. The summed E-state index contributed by atoms with van der Waals surface area (Å²) >= 11 is 5.98. The Hall–Kier alpha value is -2.19. The van der Waals surface area contributed by atoms with Crippen molar-refractivity contribution in [3.05, 3.63) is 27.1 Å². The van der Waals surface area contributed by atoms with E-state index >= 15 is 0 Å². The van der Waals surface area contributed by atoms with Crippen LogP contribution < -0.4 is 10.2 Å². The fraction of sp³-hybridized carbons (Fsp3) is 0.500. The number of fused-ring (bicyclic) bond motifs is 1. The number of aliphatic hydroxyl groups is 1. The third-order valence-electron chi connectivity index (χ3n) is 3.78. The van der Waals surface area contributed by atoms with Gasteiger partial charge in [-0.25, -0.2) is 9.78 Å². The molecule has 1 N–H and O–H groups in total. The van der Waals surface area contributed by atoms with Gasteiger partial charge >= 0.3 is 5.97 Å². The number of hydrogen-bond donors (Lipinski definition) is 1. The lowest BCUT2D eigenvalue weighted by molar-refractivity contribution is 0.0523. The van der Waals surface area contributed by atoms with Gasteiger partial charge < -0.3 is 19.1 Å². The van der Waals surface area contributed by atoms with Gasteiger partial charge in [0.1, 0.15) is 5.56 Å². The predicted octanol–water partition coefficient (Wildman–Crippen LogP) is 1.82. The number of pyridine rings is 1. The molecule has 0 aliphatic heterocycles. The topological polar surface area (TPSA) is 104 Å². The Kier molecular flexibility index (Phi) is 5.97. The summed E-state index contributed by atoms with van der Waals surface area (Å²) in [5.74, 6) is -0.724. The van der Waals surface area contributed by atoms with E-state index in [4.69, 9.17) is 21.1 Å². The van der Waals surface area contributed by atoms with E-state index in [9.17, 15) is 14.7 Å². The summed E-state index contributed by atoms with van der Waals surface area (Å²) in [4.78, 5) is 33.1. The van der Waals surface area contributed by atoms with Crippen LogP contribution in [0, 0.1) is 5.92 Å². The highest BCUT2D eigenvalue weighted by Gasteiger charge is 2.24. The van der Waals surface area contributed by atoms with Crippen LogP contribution in [0.5, 0.6) is 5.88 Å². The Morgan fingerprint density at radius 1 is 1.40 bits per heavy atom. The van der Waals surface area contributed by atoms with E-state index in [1.54, 1.807) is 11.5 Å². The van der Waals surface area contributed by atoms with Crippen LogP contribution >= 0.6 is 11.6 Å². The lowest BCUT2D eigenvalue weighted by atomic mass is 10.0. The number of methoxy groups -OCH3 is 1. The molecule has 1 atom stereocenters. The molecule has 0 saturated carbocycles. The standard InChI is InChI=1S/C16H20ClN3O5/c1-5-25-16(23)9-6-20(10(7-21)8(2)3)14-11(12(9)22)18-13(17)15(19-14)24-4/h6,8,10,21H,5,7H2,1-4H3/t10-/m1/s1. The molecule has 0 radical (unpaired) electrons. The first-order valence-electron chi connectivity index (χ1n) is 7.80. The van der Waals surface area contributed by atoms with Crippen LogP contribution in [0.2, 0.25) is 5.15 Å². The molecule has 0 spiro atoms. The van der Waals surface area contributed by atoms with Crippen molar-refractivity contribution in [2.75, 3.05) is 20.3 Å². The van der Waals surface area contributed by atoms with Gasteiger partial charge in [0.15, 0.2) is 16.3 Å². The monoisotopic (exact) mass is 369 g/mol. The zero-order valence-electron chi connectivity index (χ0n) is 14.4. The first-order valence-corrected chi connectivity index (χ1v) is 8.17. The molecule has 2 aromatic heterocycles. The molecule has 2 heterocycles. The van der Waals surface area contributed by atoms with E-state index in [0.29, 0.717) is 0 Å². The third-order valence-corrected chi connectivity index (χ3v) is 4.03. The second-order valence-corrected chi connectivity index (χ2v) is 6.05. The van der Waals surface area contributed by atoms with Gasteiger partial charge in [-0.05, 0) is 12.8 Å². The van der Waals surface area contributed by atoms with E-state index in [-0.39, 0.29) is 46.9 Å². The summed E-state index contributed by atoms with van der Waals surface area (Å²) in [5.41, 5.74) is -0.742. The Labute approximate surface area is 149 Å². The largest absolute Gasteiger partial charge is 0.479 e. The zero-order chi connectivity index (χ0) is 18.7. The van der Waals surface area contributed by atoms with Crippen LogP contribution in [0.4, 0.5) is 0 Å². The van der Waals surface area contributed by atoms with Gasteiger partial charge in [-0.15, -0.1) is 0 Å². The molecule has 0 unspecified atom stereocenters. The number of hydrogen-bond acceptors (Lipinski definition) is 7. The quantitative estimate of drug-likeness (QED) is 0.774. The van der Waals surface area contributed by atoms with Gasteiger partial charge in [-0.2, -0.15) is 4.98 Å². The van der Waals surface area contributed by atoms with Crippen LogP contribution in [0.25, 0.3) is 11.2 Å². The number of aliphatic hydroxyl groups excluding tert-OH is 1. The average molecular weight is 370 g/mol. The molecule has 0 amide bonds. The predicted molar refractivity (Wildman–Crippen MR) is 92.3 cm³/mol. The van der Waals surface area contributed by atoms with Crippen molar-refractivity contribution in [3.63, 3.8) is 0 Å². The first kappa shape index (κ1) is 19.1. The number of esters is 1. The molecule has 0 saturated heterocycles. The molecule has 0 bridgehead atoms. The van der Waals surface area contributed by atoms with E-state index in [1.165, 1.54) is 13.3 Å². The van der Waals surface area contributed by atoms with Crippen LogP contribution in [0.3, 0.4) is 0 Å². The van der Waals surface area contributed by atoms with Gasteiger partial charge in [-0.1, -0.05) is 25.4 Å². The summed E-state index contributed by atoms with van der Waals surface area (Å²) in [7, 11) is 1.38. The average Bonchev–Trinajstić information content (AvgIpc) is 2.57. The van der Waals surface area contributed by atoms with Crippen LogP contribution in [-0.2, 0) is 4.74 Å². The molecule has 9 heteroatoms. The molecule has 0 aliphatic carbocycles. The molecular weight excluding hydrogens is 350 g/mol. The number of carbonyl (C=O) groups is 1. The van der Waals surface area contributed by atoms with Gasteiger partial charge in [0.25, 0.3) is 5.88 Å². The Morgan fingerprint density at radius 2 is 2.08 bits per heavy atom. The van der Waals surface area contributed by atoms with Gasteiger partial charge in [0, 0.05) is 6.20 Å². The number of nitrogens with zero attached hydrogens (tertiary/aromatic N) is 3. The van der Waals surface area contributed by atoms with E-state index in [2.05, 4.69) is 9.97 Å². The second-order valence-electron chi connectivity index (χ2n) is 5.69.